The van der Waals surface area contributed by atoms with E-state index in [2.05, 4.69) is 23.9 Å². The molecule has 0 aromatic heterocycles. The number of carbonyl (C=O) groups excluding carboxylic acids is 2. The Kier molecular flexibility index (Phi) is 3.34. The molecule has 2 amide bonds. The molecule has 5 atom stereocenters. The molecule has 7 rings (SSSR count). The summed E-state index contributed by atoms with van der Waals surface area (Å²) in [7, 11) is 0. The highest BCUT2D eigenvalue weighted by Gasteiger charge is 2.73. The van der Waals surface area contributed by atoms with Gasteiger partial charge in [-0.2, -0.15) is 11.8 Å². The molecule has 2 saturated heterocycles. The second kappa shape index (κ2) is 5.50. The third-order valence-electron chi connectivity index (χ3n) is 8.28. The molecule has 2 aliphatic heterocycles. The van der Waals surface area contributed by atoms with Gasteiger partial charge in [0.25, 0.3) is 0 Å². The molecule has 2 bridgehead atoms. The smallest absolute Gasteiger partial charge is 0.238 e. The van der Waals surface area contributed by atoms with Gasteiger partial charge in [-0.15, -0.1) is 0 Å². The van der Waals surface area contributed by atoms with Crippen LogP contribution < -0.4 is 4.90 Å². The maximum absolute atomic E-state index is 13.5. The van der Waals surface area contributed by atoms with Gasteiger partial charge in [0.15, 0.2) is 0 Å². The van der Waals surface area contributed by atoms with Crippen molar-refractivity contribution in [2.75, 3.05) is 10.7 Å². The molecule has 6 aliphatic rings. The molecule has 140 valence electrons. The summed E-state index contributed by atoms with van der Waals surface area (Å²) in [6.07, 6.45) is 12.2. The van der Waals surface area contributed by atoms with Gasteiger partial charge in [-0.25, -0.2) is 0 Å². The Morgan fingerprint density at radius 3 is 2.19 bits per heavy atom. The average molecular weight is 380 g/mol. The Labute approximate surface area is 164 Å². The molecule has 4 fully saturated rings. The van der Waals surface area contributed by atoms with Crippen LogP contribution in [-0.4, -0.2) is 22.3 Å². The van der Waals surface area contributed by atoms with E-state index in [4.69, 9.17) is 0 Å². The SMILES string of the molecule is O=C1[C@@H]2[C@H](C(=O)N1c1ccccc1)[C@H]1C=C[C@H]2C2(CCCC2)[C@]12CCCS2. The van der Waals surface area contributed by atoms with E-state index in [0.29, 0.717) is 0 Å². The number of nitrogens with zero attached hydrogens (tertiary/aromatic N) is 1. The van der Waals surface area contributed by atoms with Gasteiger partial charge in [0.1, 0.15) is 0 Å². The van der Waals surface area contributed by atoms with Crippen molar-refractivity contribution in [1.82, 2.24) is 0 Å². The number of amides is 2. The van der Waals surface area contributed by atoms with Crippen molar-refractivity contribution in [3.63, 3.8) is 0 Å². The molecule has 2 spiro atoms. The number of allylic oxidation sites excluding steroid dienone is 2. The summed E-state index contributed by atoms with van der Waals surface area (Å²) in [5.41, 5.74) is 0.979. The first-order chi connectivity index (χ1) is 13.2. The minimum Gasteiger partial charge on any atom is -0.274 e. The minimum atomic E-state index is -0.149. The number of benzene rings is 1. The predicted molar refractivity (Wildman–Crippen MR) is 107 cm³/mol. The van der Waals surface area contributed by atoms with Crippen LogP contribution in [0.15, 0.2) is 42.5 Å². The van der Waals surface area contributed by atoms with Crippen LogP contribution in [0, 0.1) is 29.1 Å². The van der Waals surface area contributed by atoms with Crippen molar-refractivity contribution in [3.05, 3.63) is 42.5 Å². The number of hydrogen-bond donors (Lipinski definition) is 0. The van der Waals surface area contributed by atoms with Crippen LogP contribution in [0.5, 0.6) is 0 Å². The fraction of sp³-hybridized carbons (Fsp3) is 0.565. The largest absolute Gasteiger partial charge is 0.274 e. The topological polar surface area (TPSA) is 37.4 Å². The third kappa shape index (κ3) is 1.81. The van der Waals surface area contributed by atoms with E-state index in [1.165, 1.54) is 49.2 Å². The third-order valence-corrected chi connectivity index (χ3v) is 10.2. The van der Waals surface area contributed by atoms with Crippen LogP contribution in [0.3, 0.4) is 0 Å². The lowest BCUT2D eigenvalue weighted by atomic mass is 9.45. The van der Waals surface area contributed by atoms with Gasteiger partial charge in [-0.1, -0.05) is 43.2 Å². The normalized spacial score (nSPS) is 41.3. The number of rotatable bonds is 1. The minimum absolute atomic E-state index is 0.0512. The Morgan fingerprint density at radius 2 is 1.52 bits per heavy atom. The van der Waals surface area contributed by atoms with Crippen LogP contribution in [-0.2, 0) is 9.59 Å². The molecule has 2 saturated carbocycles. The summed E-state index contributed by atoms with van der Waals surface area (Å²) in [6.45, 7) is 0. The van der Waals surface area contributed by atoms with Gasteiger partial charge in [0.05, 0.1) is 17.5 Å². The number of para-hydroxylation sites is 1. The van der Waals surface area contributed by atoms with Crippen LogP contribution in [0.1, 0.15) is 38.5 Å². The highest BCUT2D eigenvalue weighted by molar-refractivity contribution is 8.01. The first-order valence-electron chi connectivity index (χ1n) is 10.4. The number of carbonyl (C=O) groups is 2. The zero-order valence-corrected chi connectivity index (χ0v) is 16.3. The second-order valence-corrected chi connectivity index (χ2v) is 10.5. The molecule has 0 radical (unpaired) electrons. The Bertz CT molecular complexity index is 785. The highest BCUT2D eigenvalue weighted by Crippen LogP contribution is 2.73. The van der Waals surface area contributed by atoms with E-state index < -0.39 is 0 Å². The quantitative estimate of drug-likeness (QED) is 0.535. The second-order valence-electron chi connectivity index (χ2n) is 9.04. The molecule has 0 N–H and O–H groups in total. The van der Waals surface area contributed by atoms with E-state index in [1.807, 2.05) is 30.3 Å². The zero-order valence-electron chi connectivity index (χ0n) is 15.5. The molecule has 4 aliphatic carbocycles. The maximum Gasteiger partial charge on any atom is 0.238 e. The molecule has 1 aromatic rings. The van der Waals surface area contributed by atoms with Crippen molar-refractivity contribution in [3.8, 4) is 0 Å². The van der Waals surface area contributed by atoms with E-state index in [1.54, 1.807) is 0 Å². The summed E-state index contributed by atoms with van der Waals surface area (Å²) in [5.74, 6) is 1.49. The van der Waals surface area contributed by atoms with Crippen molar-refractivity contribution >= 4 is 29.3 Å². The van der Waals surface area contributed by atoms with E-state index in [-0.39, 0.29) is 45.6 Å². The Morgan fingerprint density at radius 1 is 0.852 bits per heavy atom. The summed E-state index contributed by atoms with van der Waals surface area (Å²) in [6, 6.07) is 9.56. The standard InChI is InChI=1S/C23H25NO2S/c25-20-18-16-9-10-17(19(18)21(26)24(20)15-7-2-1-3-8-15)23(13-6-14-27-23)22(16)11-4-5-12-22/h1-3,7-10,16-19H,4-6,11-14H2/t16-,17-,18+,19-,23+/m1/s1. The molecule has 3 nitrogen and oxygen atoms in total. The van der Waals surface area contributed by atoms with Gasteiger partial charge in [-0.05, 0) is 54.9 Å². The van der Waals surface area contributed by atoms with Crippen LogP contribution >= 0.6 is 11.8 Å². The molecular weight excluding hydrogens is 354 g/mol. The van der Waals surface area contributed by atoms with Crippen molar-refractivity contribution in [1.29, 1.82) is 0 Å². The van der Waals surface area contributed by atoms with Gasteiger partial charge in [0, 0.05) is 10.7 Å². The van der Waals surface area contributed by atoms with E-state index in [9.17, 15) is 9.59 Å². The fourth-order valence-electron chi connectivity index (χ4n) is 7.44. The molecule has 0 unspecified atom stereocenters. The van der Waals surface area contributed by atoms with Gasteiger partial charge in [-0.3, -0.25) is 14.5 Å². The van der Waals surface area contributed by atoms with Crippen molar-refractivity contribution in [2.24, 2.45) is 29.1 Å². The first kappa shape index (κ1) is 16.4. The van der Waals surface area contributed by atoms with E-state index in [0.717, 1.165) is 5.69 Å². The lowest BCUT2D eigenvalue weighted by molar-refractivity contribution is -0.133. The number of imide groups is 1. The van der Waals surface area contributed by atoms with E-state index >= 15 is 0 Å². The fourth-order valence-corrected chi connectivity index (χ4v) is 9.43. The summed E-state index contributed by atoms with van der Waals surface area (Å²) in [5, 5.41) is 0. The summed E-state index contributed by atoms with van der Waals surface area (Å²) in [4.78, 5) is 28.6. The number of thioether (sulfide) groups is 1. The van der Waals surface area contributed by atoms with Gasteiger partial charge in [0.2, 0.25) is 11.8 Å². The average Bonchev–Trinajstić information content (AvgIpc) is 3.42. The molecule has 27 heavy (non-hydrogen) atoms. The molecule has 2 heterocycles. The maximum atomic E-state index is 13.5. The van der Waals surface area contributed by atoms with Crippen molar-refractivity contribution < 1.29 is 9.59 Å². The van der Waals surface area contributed by atoms with Crippen molar-refractivity contribution in [2.45, 2.75) is 43.3 Å². The molecule has 4 heteroatoms. The monoisotopic (exact) mass is 379 g/mol. The first-order valence-corrected chi connectivity index (χ1v) is 11.4. The van der Waals surface area contributed by atoms with Crippen LogP contribution in [0.4, 0.5) is 5.69 Å². The van der Waals surface area contributed by atoms with Gasteiger partial charge < -0.3 is 0 Å². The molecule has 1 aromatic carbocycles. The lowest BCUT2D eigenvalue weighted by Crippen LogP contribution is -2.63. The van der Waals surface area contributed by atoms with Crippen LogP contribution in [0.25, 0.3) is 0 Å². The summed E-state index contributed by atoms with van der Waals surface area (Å²) < 4.78 is 0.187. The summed E-state index contributed by atoms with van der Waals surface area (Å²) >= 11 is 2.14. The zero-order chi connectivity index (χ0) is 18.2. The highest BCUT2D eigenvalue weighted by atomic mass is 32.2. The predicted octanol–water partition coefficient (Wildman–Crippen LogP) is 4.43. The number of anilines is 1. The van der Waals surface area contributed by atoms with Crippen LogP contribution in [0.2, 0.25) is 0 Å². The van der Waals surface area contributed by atoms with Gasteiger partial charge >= 0.3 is 0 Å². The lowest BCUT2D eigenvalue weighted by Gasteiger charge is -2.62. The Balaban J connectivity index is 1.50. The Hall–Kier alpha value is -1.55. The number of hydrogen-bond acceptors (Lipinski definition) is 3. The molecular formula is C23H25NO2S.